The zero-order chi connectivity index (χ0) is 17.3. The zero-order valence-electron chi connectivity index (χ0n) is 14.7. The van der Waals surface area contributed by atoms with E-state index in [0.29, 0.717) is 17.6 Å². The van der Waals surface area contributed by atoms with Crippen LogP contribution in [-0.4, -0.2) is 43.8 Å². The van der Waals surface area contributed by atoms with Crippen LogP contribution in [0.3, 0.4) is 0 Å². The molecule has 1 aliphatic carbocycles. The van der Waals surface area contributed by atoms with Gasteiger partial charge >= 0.3 is 5.97 Å². The fourth-order valence-corrected chi connectivity index (χ4v) is 5.00. The van der Waals surface area contributed by atoms with E-state index in [9.17, 15) is 4.79 Å². The van der Waals surface area contributed by atoms with Crippen LogP contribution in [-0.2, 0) is 15.9 Å². The summed E-state index contributed by atoms with van der Waals surface area (Å²) >= 11 is 3.68. The summed E-state index contributed by atoms with van der Waals surface area (Å²) in [5.41, 5.74) is 4.44. The third-order valence-corrected chi connectivity index (χ3v) is 6.23. The zero-order valence-corrected chi connectivity index (χ0v) is 16.3. The maximum atomic E-state index is 12.2. The Kier molecular flexibility index (Phi) is 5.63. The van der Waals surface area contributed by atoms with Gasteiger partial charge in [-0.3, -0.25) is 4.90 Å². The third-order valence-electron chi connectivity index (χ3n) is 5.52. The number of nitrogens with zero attached hydrogens (tertiary/aromatic N) is 1. The van der Waals surface area contributed by atoms with Crippen LogP contribution in [0.2, 0.25) is 0 Å². The predicted molar refractivity (Wildman–Crippen MR) is 97.5 cm³/mol. The fraction of sp³-hybridized carbons (Fsp3) is 0.632. The number of hydrogen-bond donors (Lipinski definition) is 0. The highest BCUT2D eigenvalue weighted by molar-refractivity contribution is 9.10. The fourth-order valence-electron chi connectivity index (χ4n) is 4.36. The smallest absolute Gasteiger partial charge is 0.338 e. The number of esters is 1. The van der Waals surface area contributed by atoms with Crippen molar-refractivity contribution in [2.75, 3.05) is 26.9 Å². The number of fused-ring (bicyclic) bond motifs is 1. The standard InChI is InChI=1S/C19H26BrNO3/c1-4-21(13-7-9-24-10-8-13)17-6-5-14-16(20)11-15(19(22)23-3)12(2)18(14)17/h11,13,17H,4-10H2,1-3H3. The molecule has 1 aromatic rings. The van der Waals surface area contributed by atoms with Crippen molar-refractivity contribution >= 4 is 21.9 Å². The van der Waals surface area contributed by atoms with E-state index in [2.05, 4.69) is 34.7 Å². The maximum absolute atomic E-state index is 12.2. The third kappa shape index (κ3) is 3.14. The van der Waals surface area contributed by atoms with Crippen LogP contribution in [0.1, 0.15) is 59.3 Å². The molecule has 0 N–H and O–H groups in total. The van der Waals surface area contributed by atoms with Gasteiger partial charge in [0.1, 0.15) is 0 Å². The van der Waals surface area contributed by atoms with Crippen molar-refractivity contribution in [2.24, 2.45) is 0 Å². The van der Waals surface area contributed by atoms with Crippen molar-refractivity contribution in [1.82, 2.24) is 4.90 Å². The molecule has 0 spiro atoms. The number of benzene rings is 1. The molecule has 1 fully saturated rings. The summed E-state index contributed by atoms with van der Waals surface area (Å²) in [6, 6.07) is 2.88. The van der Waals surface area contributed by atoms with Gasteiger partial charge in [0.15, 0.2) is 0 Å². The normalized spacial score (nSPS) is 21.1. The van der Waals surface area contributed by atoms with E-state index in [1.54, 1.807) is 0 Å². The maximum Gasteiger partial charge on any atom is 0.338 e. The molecule has 2 aliphatic rings. The minimum absolute atomic E-state index is 0.254. The SMILES string of the molecule is CCN(C1CCOCC1)C1CCc2c(Br)cc(C(=O)OC)c(C)c21. The summed E-state index contributed by atoms with van der Waals surface area (Å²) in [6.45, 7) is 7.03. The van der Waals surface area contributed by atoms with E-state index in [0.717, 1.165) is 55.5 Å². The summed E-state index contributed by atoms with van der Waals surface area (Å²) in [6.07, 6.45) is 4.36. The first-order valence-electron chi connectivity index (χ1n) is 8.82. The molecule has 1 unspecified atom stereocenters. The highest BCUT2D eigenvalue weighted by atomic mass is 79.9. The van der Waals surface area contributed by atoms with Gasteiger partial charge in [-0.1, -0.05) is 22.9 Å². The summed E-state index contributed by atoms with van der Waals surface area (Å²) in [5, 5.41) is 0. The van der Waals surface area contributed by atoms with Gasteiger partial charge in [-0.15, -0.1) is 0 Å². The van der Waals surface area contributed by atoms with Crippen molar-refractivity contribution in [3.05, 3.63) is 32.8 Å². The average molecular weight is 396 g/mol. The Labute approximate surface area is 152 Å². The topological polar surface area (TPSA) is 38.8 Å². The van der Waals surface area contributed by atoms with Gasteiger partial charge in [-0.25, -0.2) is 4.79 Å². The van der Waals surface area contributed by atoms with Gasteiger partial charge in [0.05, 0.1) is 12.7 Å². The molecule has 0 amide bonds. The Bertz CT molecular complexity index is 626. The molecule has 132 valence electrons. The van der Waals surface area contributed by atoms with Gasteiger partial charge < -0.3 is 9.47 Å². The minimum Gasteiger partial charge on any atom is -0.465 e. The van der Waals surface area contributed by atoms with Gasteiger partial charge in [-0.2, -0.15) is 0 Å². The highest BCUT2D eigenvalue weighted by Gasteiger charge is 2.35. The highest BCUT2D eigenvalue weighted by Crippen LogP contribution is 2.44. The second kappa shape index (κ2) is 7.54. The lowest BCUT2D eigenvalue weighted by Gasteiger charge is -2.38. The first-order chi connectivity index (χ1) is 11.6. The quantitative estimate of drug-likeness (QED) is 0.721. The first-order valence-corrected chi connectivity index (χ1v) is 9.61. The van der Waals surface area contributed by atoms with Crippen LogP contribution in [0.15, 0.2) is 10.5 Å². The summed E-state index contributed by atoms with van der Waals surface area (Å²) in [4.78, 5) is 14.8. The van der Waals surface area contributed by atoms with E-state index in [4.69, 9.17) is 9.47 Å². The first kappa shape index (κ1) is 17.9. The van der Waals surface area contributed by atoms with Crippen LogP contribution in [0.4, 0.5) is 0 Å². The van der Waals surface area contributed by atoms with Crippen molar-refractivity contribution in [3.8, 4) is 0 Å². The summed E-state index contributed by atoms with van der Waals surface area (Å²) < 4.78 is 11.6. The van der Waals surface area contributed by atoms with Gasteiger partial charge in [0, 0.05) is 29.8 Å². The molecule has 0 radical (unpaired) electrons. The van der Waals surface area contributed by atoms with E-state index in [-0.39, 0.29) is 5.97 Å². The molecule has 1 saturated heterocycles. The van der Waals surface area contributed by atoms with Crippen LogP contribution in [0, 0.1) is 6.92 Å². The molecule has 1 atom stereocenters. The molecular weight excluding hydrogens is 370 g/mol. The second-order valence-electron chi connectivity index (χ2n) is 6.64. The molecule has 4 nitrogen and oxygen atoms in total. The molecule has 1 aliphatic heterocycles. The van der Waals surface area contributed by atoms with Crippen LogP contribution < -0.4 is 0 Å². The largest absolute Gasteiger partial charge is 0.465 e. The van der Waals surface area contributed by atoms with E-state index in [1.807, 2.05) is 6.07 Å². The van der Waals surface area contributed by atoms with Gasteiger partial charge in [0.25, 0.3) is 0 Å². The van der Waals surface area contributed by atoms with Gasteiger partial charge in [-0.05, 0) is 61.9 Å². The van der Waals surface area contributed by atoms with Crippen LogP contribution in [0.5, 0.6) is 0 Å². The number of hydrogen-bond acceptors (Lipinski definition) is 4. The van der Waals surface area contributed by atoms with Gasteiger partial charge in [0.2, 0.25) is 0 Å². The Balaban J connectivity index is 2.00. The number of rotatable bonds is 4. The number of carbonyl (C=O) groups excluding carboxylic acids is 1. The molecule has 24 heavy (non-hydrogen) atoms. The Morgan fingerprint density at radius 3 is 2.71 bits per heavy atom. The molecule has 0 saturated carbocycles. The van der Waals surface area contributed by atoms with Crippen molar-refractivity contribution in [3.63, 3.8) is 0 Å². The summed E-state index contributed by atoms with van der Waals surface area (Å²) in [5.74, 6) is -0.254. The number of carbonyl (C=O) groups is 1. The number of methoxy groups -OCH3 is 1. The van der Waals surface area contributed by atoms with Crippen molar-refractivity contribution in [1.29, 1.82) is 0 Å². The molecular formula is C19H26BrNO3. The van der Waals surface area contributed by atoms with E-state index >= 15 is 0 Å². The van der Waals surface area contributed by atoms with Crippen molar-refractivity contribution < 1.29 is 14.3 Å². The van der Waals surface area contributed by atoms with Crippen LogP contribution >= 0.6 is 15.9 Å². The van der Waals surface area contributed by atoms with E-state index in [1.165, 1.54) is 18.2 Å². The monoisotopic (exact) mass is 395 g/mol. The Morgan fingerprint density at radius 1 is 1.38 bits per heavy atom. The lowest BCUT2D eigenvalue weighted by molar-refractivity contribution is 0.0185. The average Bonchev–Trinajstić information content (AvgIpc) is 3.05. The predicted octanol–water partition coefficient (Wildman–Crippen LogP) is 4.03. The summed E-state index contributed by atoms with van der Waals surface area (Å²) in [7, 11) is 1.45. The number of ether oxygens (including phenoxy) is 2. The van der Waals surface area contributed by atoms with Crippen molar-refractivity contribution in [2.45, 2.75) is 51.6 Å². The number of halogens is 1. The second-order valence-corrected chi connectivity index (χ2v) is 7.50. The lowest BCUT2D eigenvalue weighted by atomic mass is 9.94. The Morgan fingerprint density at radius 2 is 2.08 bits per heavy atom. The molecule has 1 heterocycles. The molecule has 0 bridgehead atoms. The molecule has 1 aromatic carbocycles. The minimum atomic E-state index is -0.254. The molecule has 5 heteroatoms. The molecule has 3 rings (SSSR count). The lowest BCUT2D eigenvalue weighted by Crippen LogP contribution is -2.41. The molecule has 0 aromatic heterocycles. The Hall–Kier alpha value is -0.910. The van der Waals surface area contributed by atoms with Crippen LogP contribution in [0.25, 0.3) is 0 Å². The van der Waals surface area contributed by atoms with E-state index < -0.39 is 0 Å².